The van der Waals surface area contributed by atoms with Crippen molar-refractivity contribution in [3.8, 4) is 11.3 Å². The zero-order valence-corrected chi connectivity index (χ0v) is 20.4. The fourth-order valence-corrected chi connectivity index (χ4v) is 6.10. The Morgan fingerprint density at radius 2 is 1.50 bits per heavy atom. The van der Waals surface area contributed by atoms with Crippen molar-refractivity contribution in [2.24, 2.45) is 0 Å². The van der Waals surface area contributed by atoms with E-state index in [1.54, 1.807) is 50.2 Å². The van der Waals surface area contributed by atoms with Gasteiger partial charge in [0.25, 0.3) is 0 Å². The van der Waals surface area contributed by atoms with Gasteiger partial charge in [-0.15, -0.1) is 0 Å². The molecule has 0 spiro atoms. The Bertz CT molecular complexity index is 1280. The summed E-state index contributed by atoms with van der Waals surface area (Å²) in [6, 6.07) is 12.7. The smallest absolute Gasteiger partial charge is 0.243 e. The van der Waals surface area contributed by atoms with Crippen molar-refractivity contribution in [1.29, 1.82) is 0 Å². The zero-order valence-electron chi connectivity index (χ0n) is 17.9. The van der Waals surface area contributed by atoms with E-state index in [-0.39, 0.29) is 16.4 Å². The minimum Gasteiger partial charge on any atom is -0.391 e. The molecule has 0 atom stereocenters. The molecule has 0 aliphatic rings. The number of anilines is 2. The van der Waals surface area contributed by atoms with Crippen molar-refractivity contribution in [2.45, 2.75) is 30.2 Å². The molecule has 8 nitrogen and oxygen atoms in total. The van der Waals surface area contributed by atoms with Crippen LogP contribution in [0.25, 0.3) is 11.3 Å². The summed E-state index contributed by atoms with van der Waals surface area (Å²) in [4.78, 5) is 5.60. The number of hydrogen-bond donors (Lipinski definition) is 2. The Morgan fingerprint density at radius 1 is 0.938 bits per heavy atom. The fraction of sp³-hybridized carbons (Fsp3) is 0.286. The number of benzene rings is 2. The van der Waals surface area contributed by atoms with Gasteiger partial charge in [0, 0.05) is 30.6 Å². The van der Waals surface area contributed by atoms with Gasteiger partial charge in [-0.05, 0) is 36.4 Å². The van der Waals surface area contributed by atoms with E-state index in [0.717, 1.165) is 6.26 Å². The van der Waals surface area contributed by atoms with E-state index < -0.39 is 19.9 Å². The van der Waals surface area contributed by atoms with E-state index in [9.17, 15) is 21.9 Å². The zero-order chi connectivity index (χ0) is 23.5. The number of sulfonamides is 1. The first-order chi connectivity index (χ1) is 15.1. The monoisotopic (exact) mass is 495 g/mol. The predicted octanol–water partition coefficient (Wildman–Crippen LogP) is 3.48. The molecule has 2 N–H and O–H groups in total. The molecule has 0 saturated carbocycles. The van der Waals surface area contributed by atoms with Gasteiger partial charge in [0.1, 0.15) is 0 Å². The first-order valence-corrected chi connectivity index (χ1v) is 14.0. The molecule has 0 saturated heterocycles. The molecule has 11 heteroatoms. The molecular formula is C21H25N3O5S3. The van der Waals surface area contributed by atoms with Gasteiger partial charge in [0.2, 0.25) is 10.0 Å². The van der Waals surface area contributed by atoms with Crippen LogP contribution in [-0.2, 0) is 26.5 Å². The van der Waals surface area contributed by atoms with E-state index in [0.29, 0.717) is 40.0 Å². The molecule has 0 unspecified atom stereocenters. The van der Waals surface area contributed by atoms with Crippen LogP contribution in [-0.4, -0.2) is 50.6 Å². The van der Waals surface area contributed by atoms with Crippen LogP contribution in [0.5, 0.6) is 0 Å². The molecule has 0 aliphatic carbocycles. The highest BCUT2D eigenvalue weighted by Gasteiger charge is 2.22. The average Bonchev–Trinajstić information content (AvgIpc) is 3.17. The SMILES string of the molecule is CCN(CC)S(=O)(=O)c1ccc(-c2nc(Nc3ccc(S(C)(=O)=O)cc3)sc2CO)cc1. The Hall–Kier alpha value is -2.31. The second-order valence-electron chi connectivity index (χ2n) is 6.98. The average molecular weight is 496 g/mol. The number of aliphatic hydroxyl groups is 1. The molecule has 0 fully saturated rings. The third kappa shape index (κ3) is 5.18. The molecule has 3 rings (SSSR count). The van der Waals surface area contributed by atoms with Gasteiger partial charge >= 0.3 is 0 Å². The van der Waals surface area contributed by atoms with Crippen LogP contribution in [0.3, 0.4) is 0 Å². The lowest BCUT2D eigenvalue weighted by Gasteiger charge is -2.18. The summed E-state index contributed by atoms with van der Waals surface area (Å²) in [6.07, 6.45) is 1.15. The molecule has 3 aromatic rings. The minimum atomic E-state index is -3.55. The summed E-state index contributed by atoms with van der Waals surface area (Å²) in [5.41, 5.74) is 1.90. The summed E-state index contributed by atoms with van der Waals surface area (Å²) < 4.78 is 50.0. The third-order valence-electron chi connectivity index (χ3n) is 4.85. The predicted molar refractivity (Wildman–Crippen MR) is 126 cm³/mol. The van der Waals surface area contributed by atoms with Crippen LogP contribution in [0.1, 0.15) is 18.7 Å². The standard InChI is InChI=1S/C21H25N3O5S3/c1-4-24(5-2)32(28,29)18-10-6-15(7-11-18)20-19(14-25)30-21(23-20)22-16-8-12-17(13-9-16)31(3,26)27/h6-13,25H,4-5,14H2,1-3H3,(H,22,23). The van der Waals surface area contributed by atoms with E-state index in [2.05, 4.69) is 10.3 Å². The van der Waals surface area contributed by atoms with Crippen LogP contribution >= 0.6 is 11.3 Å². The number of nitrogens with zero attached hydrogens (tertiary/aromatic N) is 2. The highest BCUT2D eigenvalue weighted by Crippen LogP contribution is 2.33. The lowest BCUT2D eigenvalue weighted by atomic mass is 10.1. The number of hydrogen-bond acceptors (Lipinski definition) is 8. The Kier molecular flexibility index (Phi) is 7.36. The summed E-state index contributed by atoms with van der Waals surface area (Å²) in [7, 11) is -6.83. The second-order valence-corrected chi connectivity index (χ2v) is 12.0. The molecule has 2 aromatic carbocycles. The number of aliphatic hydroxyl groups excluding tert-OH is 1. The van der Waals surface area contributed by atoms with Crippen LogP contribution in [0, 0.1) is 0 Å². The Morgan fingerprint density at radius 3 is 2.00 bits per heavy atom. The van der Waals surface area contributed by atoms with Gasteiger partial charge in [-0.2, -0.15) is 4.31 Å². The molecule has 1 heterocycles. The second kappa shape index (κ2) is 9.67. The molecule has 0 amide bonds. The van der Waals surface area contributed by atoms with Crippen molar-refractivity contribution in [3.63, 3.8) is 0 Å². The molecule has 172 valence electrons. The quantitative estimate of drug-likeness (QED) is 0.467. The van der Waals surface area contributed by atoms with Crippen molar-refractivity contribution in [2.75, 3.05) is 24.7 Å². The van der Waals surface area contributed by atoms with E-state index in [4.69, 9.17) is 0 Å². The summed E-state index contributed by atoms with van der Waals surface area (Å²) >= 11 is 1.26. The van der Waals surface area contributed by atoms with Gasteiger partial charge in [-0.1, -0.05) is 37.3 Å². The number of thiazole rings is 1. The fourth-order valence-electron chi connectivity index (χ4n) is 3.14. The minimum absolute atomic E-state index is 0.204. The van der Waals surface area contributed by atoms with Crippen LogP contribution < -0.4 is 5.32 Å². The largest absolute Gasteiger partial charge is 0.391 e. The first-order valence-electron chi connectivity index (χ1n) is 9.88. The Balaban J connectivity index is 1.87. The highest BCUT2D eigenvalue weighted by atomic mass is 32.2. The number of aromatic nitrogens is 1. The maximum absolute atomic E-state index is 12.7. The number of sulfone groups is 1. The van der Waals surface area contributed by atoms with Gasteiger partial charge in [0.15, 0.2) is 15.0 Å². The highest BCUT2D eigenvalue weighted by molar-refractivity contribution is 7.90. The molecular weight excluding hydrogens is 470 g/mol. The van der Waals surface area contributed by atoms with Crippen molar-refractivity contribution in [3.05, 3.63) is 53.4 Å². The summed E-state index contributed by atoms with van der Waals surface area (Å²) in [6.45, 7) is 4.15. The topological polar surface area (TPSA) is 117 Å². The maximum atomic E-state index is 12.7. The van der Waals surface area contributed by atoms with Crippen molar-refractivity contribution < 1.29 is 21.9 Å². The number of rotatable bonds is 9. The van der Waals surface area contributed by atoms with Gasteiger partial charge < -0.3 is 10.4 Å². The lowest BCUT2D eigenvalue weighted by Crippen LogP contribution is -2.30. The maximum Gasteiger partial charge on any atom is 0.243 e. The van der Waals surface area contributed by atoms with Gasteiger partial charge in [0.05, 0.1) is 27.0 Å². The molecule has 0 aliphatic heterocycles. The van der Waals surface area contributed by atoms with E-state index in [1.165, 1.54) is 27.8 Å². The molecule has 1 aromatic heterocycles. The van der Waals surface area contributed by atoms with E-state index >= 15 is 0 Å². The van der Waals surface area contributed by atoms with Crippen molar-refractivity contribution in [1.82, 2.24) is 9.29 Å². The summed E-state index contributed by atoms with van der Waals surface area (Å²) in [5.74, 6) is 0. The van der Waals surface area contributed by atoms with Crippen LogP contribution in [0.15, 0.2) is 58.3 Å². The van der Waals surface area contributed by atoms with Gasteiger partial charge in [-0.3, -0.25) is 0 Å². The van der Waals surface area contributed by atoms with Gasteiger partial charge in [-0.25, -0.2) is 21.8 Å². The molecule has 32 heavy (non-hydrogen) atoms. The Labute approximate surface area is 192 Å². The van der Waals surface area contributed by atoms with Crippen LogP contribution in [0.2, 0.25) is 0 Å². The molecule has 0 bridgehead atoms. The first kappa shape index (κ1) is 24.3. The normalized spacial score (nSPS) is 12.3. The summed E-state index contributed by atoms with van der Waals surface area (Å²) in [5, 5.41) is 13.4. The van der Waals surface area contributed by atoms with Crippen molar-refractivity contribution >= 4 is 42.0 Å². The lowest BCUT2D eigenvalue weighted by molar-refractivity contribution is 0.286. The van der Waals surface area contributed by atoms with Crippen LogP contribution in [0.4, 0.5) is 10.8 Å². The van der Waals surface area contributed by atoms with E-state index in [1.807, 2.05) is 0 Å². The molecule has 0 radical (unpaired) electrons. The third-order valence-corrected chi connectivity index (χ3v) is 8.99. The number of nitrogens with one attached hydrogen (secondary N) is 1.